The summed E-state index contributed by atoms with van der Waals surface area (Å²) in [5.74, 6) is 1.11. The van der Waals surface area contributed by atoms with E-state index in [0.29, 0.717) is 17.5 Å². The molecule has 2 unspecified atom stereocenters. The number of hydrogen-bond donors (Lipinski definition) is 1. The standard InChI is InChI=1S/C25H29N3O4S/c1-18-12-28(13-19(2)32-18)14-21-17-33-25(26-21)27-24(29)16-31-23-10-8-22(9-11-23)30-15-20-6-4-3-5-7-20/h3-11,17-19H,12-16H2,1-2H3,(H,26,27,29). The first-order valence-corrected chi connectivity index (χ1v) is 11.9. The van der Waals surface area contributed by atoms with Crippen LogP contribution < -0.4 is 14.8 Å². The normalized spacial score (nSPS) is 18.6. The molecular formula is C25H29N3O4S. The Morgan fingerprint density at radius 2 is 1.73 bits per heavy atom. The van der Waals surface area contributed by atoms with Gasteiger partial charge in [0.15, 0.2) is 11.7 Å². The number of nitrogens with zero attached hydrogens (tertiary/aromatic N) is 2. The lowest BCUT2D eigenvalue weighted by Gasteiger charge is -2.34. The predicted octanol–water partition coefficient (Wildman–Crippen LogP) is 4.35. The summed E-state index contributed by atoms with van der Waals surface area (Å²) in [6, 6.07) is 17.2. The minimum absolute atomic E-state index is 0.0857. The van der Waals surface area contributed by atoms with Crippen LogP contribution >= 0.6 is 11.3 Å². The summed E-state index contributed by atoms with van der Waals surface area (Å²) in [6.07, 6.45) is 0.432. The molecule has 1 amide bonds. The van der Waals surface area contributed by atoms with Gasteiger partial charge in [-0.3, -0.25) is 15.0 Å². The number of carbonyl (C=O) groups is 1. The van der Waals surface area contributed by atoms with E-state index in [4.69, 9.17) is 14.2 Å². The van der Waals surface area contributed by atoms with Gasteiger partial charge in [0, 0.05) is 25.0 Å². The topological polar surface area (TPSA) is 72.9 Å². The Labute approximate surface area is 198 Å². The smallest absolute Gasteiger partial charge is 0.264 e. The summed E-state index contributed by atoms with van der Waals surface area (Å²) in [5, 5.41) is 5.38. The molecule has 3 aromatic rings. The van der Waals surface area contributed by atoms with E-state index in [1.165, 1.54) is 11.3 Å². The molecule has 33 heavy (non-hydrogen) atoms. The first-order valence-electron chi connectivity index (χ1n) is 11.0. The van der Waals surface area contributed by atoms with E-state index in [1.807, 2.05) is 47.8 Å². The van der Waals surface area contributed by atoms with Crippen molar-refractivity contribution < 1.29 is 19.0 Å². The van der Waals surface area contributed by atoms with Gasteiger partial charge < -0.3 is 14.2 Å². The predicted molar refractivity (Wildman–Crippen MR) is 129 cm³/mol. The number of amides is 1. The van der Waals surface area contributed by atoms with Gasteiger partial charge in [0.05, 0.1) is 17.9 Å². The molecule has 7 nitrogen and oxygen atoms in total. The van der Waals surface area contributed by atoms with Crippen molar-refractivity contribution >= 4 is 22.4 Å². The summed E-state index contributed by atoms with van der Waals surface area (Å²) in [5.41, 5.74) is 2.05. The second kappa shape index (κ2) is 11.3. The molecule has 2 heterocycles. The summed E-state index contributed by atoms with van der Waals surface area (Å²) in [4.78, 5) is 19.1. The van der Waals surface area contributed by atoms with Gasteiger partial charge >= 0.3 is 0 Å². The fourth-order valence-corrected chi connectivity index (χ4v) is 4.47. The third-order valence-corrected chi connectivity index (χ3v) is 5.93. The highest BCUT2D eigenvalue weighted by molar-refractivity contribution is 7.13. The average Bonchev–Trinajstić information content (AvgIpc) is 3.23. The van der Waals surface area contributed by atoms with Crippen LogP contribution in [0.4, 0.5) is 5.13 Å². The molecule has 4 rings (SSSR count). The zero-order valence-electron chi connectivity index (χ0n) is 18.9. The van der Waals surface area contributed by atoms with Gasteiger partial charge in [0.1, 0.15) is 18.1 Å². The largest absolute Gasteiger partial charge is 0.489 e. The van der Waals surface area contributed by atoms with Crippen molar-refractivity contribution in [1.82, 2.24) is 9.88 Å². The van der Waals surface area contributed by atoms with Crippen LogP contribution in [-0.2, 0) is 22.7 Å². The first-order chi connectivity index (χ1) is 16.0. The minimum Gasteiger partial charge on any atom is -0.489 e. The van der Waals surface area contributed by atoms with Crippen molar-refractivity contribution in [3.63, 3.8) is 0 Å². The molecule has 0 bridgehead atoms. The van der Waals surface area contributed by atoms with E-state index in [2.05, 4.69) is 29.0 Å². The number of benzene rings is 2. The molecule has 1 fully saturated rings. The lowest BCUT2D eigenvalue weighted by atomic mass is 10.2. The van der Waals surface area contributed by atoms with Crippen LogP contribution in [0.3, 0.4) is 0 Å². The molecule has 2 atom stereocenters. The maximum absolute atomic E-state index is 12.3. The Kier molecular flexibility index (Phi) is 7.93. The number of hydrogen-bond acceptors (Lipinski definition) is 7. The van der Waals surface area contributed by atoms with Gasteiger partial charge in [0.2, 0.25) is 0 Å². The van der Waals surface area contributed by atoms with Crippen LogP contribution in [0.15, 0.2) is 60.0 Å². The highest BCUT2D eigenvalue weighted by atomic mass is 32.1. The Bertz CT molecular complexity index is 1020. The van der Waals surface area contributed by atoms with Gasteiger partial charge in [-0.1, -0.05) is 30.3 Å². The molecule has 2 aromatic carbocycles. The second-order valence-corrected chi connectivity index (χ2v) is 9.04. The molecule has 1 N–H and O–H groups in total. The van der Waals surface area contributed by atoms with Gasteiger partial charge in [-0.2, -0.15) is 0 Å². The van der Waals surface area contributed by atoms with E-state index in [-0.39, 0.29) is 24.7 Å². The quantitative estimate of drug-likeness (QED) is 0.505. The van der Waals surface area contributed by atoms with Crippen molar-refractivity contribution in [2.24, 2.45) is 0 Å². The number of anilines is 1. The van der Waals surface area contributed by atoms with Crippen molar-refractivity contribution in [2.45, 2.75) is 39.2 Å². The lowest BCUT2D eigenvalue weighted by molar-refractivity contribution is -0.118. The van der Waals surface area contributed by atoms with E-state index in [0.717, 1.165) is 36.6 Å². The molecule has 0 saturated carbocycles. The van der Waals surface area contributed by atoms with Gasteiger partial charge in [0.25, 0.3) is 5.91 Å². The zero-order valence-corrected chi connectivity index (χ0v) is 19.7. The monoisotopic (exact) mass is 467 g/mol. The summed E-state index contributed by atoms with van der Waals surface area (Å²) < 4.78 is 17.1. The number of ether oxygens (including phenoxy) is 3. The van der Waals surface area contributed by atoms with Crippen molar-refractivity contribution in [3.8, 4) is 11.5 Å². The van der Waals surface area contributed by atoms with Crippen LogP contribution in [0.2, 0.25) is 0 Å². The van der Waals surface area contributed by atoms with Crippen molar-refractivity contribution in [1.29, 1.82) is 0 Å². The third kappa shape index (κ3) is 7.28. The number of morpholine rings is 1. The highest BCUT2D eigenvalue weighted by Gasteiger charge is 2.22. The average molecular weight is 468 g/mol. The van der Waals surface area contributed by atoms with Gasteiger partial charge in [-0.15, -0.1) is 11.3 Å². The Morgan fingerprint density at radius 3 is 2.42 bits per heavy atom. The molecule has 174 valence electrons. The Hall–Kier alpha value is -2.94. The molecule has 0 radical (unpaired) electrons. The maximum Gasteiger partial charge on any atom is 0.264 e. The van der Waals surface area contributed by atoms with Gasteiger partial charge in [-0.25, -0.2) is 4.98 Å². The lowest BCUT2D eigenvalue weighted by Crippen LogP contribution is -2.44. The number of aromatic nitrogens is 1. The summed E-state index contributed by atoms with van der Waals surface area (Å²) in [7, 11) is 0. The third-order valence-electron chi connectivity index (χ3n) is 5.12. The fourth-order valence-electron chi connectivity index (χ4n) is 3.76. The van der Waals surface area contributed by atoms with Crippen LogP contribution in [0, 0.1) is 0 Å². The molecule has 1 aliphatic heterocycles. The van der Waals surface area contributed by atoms with Crippen molar-refractivity contribution in [2.75, 3.05) is 25.0 Å². The molecule has 0 aliphatic carbocycles. The number of nitrogens with one attached hydrogen (secondary N) is 1. The fraction of sp³-hybridized carbons (Fsp3) is 0.360. The number of rotatable bonds is 9. The highest BCUT2D eigenvalue weighted by Crippen LogP contribution is 2.21. The van der Waals surface area contributed by atoms with E-state index in [9.17, 15) is 4.79 Å². The zero-order chi connectivity index (χ0) is 23.0. The molecular weight excluding hydrogens is 438 g/mol. The summed E-state index contributed by atoms with van der Waals surface area (Å²) in [6.45, 7) is 7.10. The second-order valence-electron chi connectivity index (χ2n) is 8.18. The Morgan fingerprint density at radius 1 is 1.06 bits per heavy atom. The van der Waals surface area contributed by atoms with Crippen molar-refractivity contribution in [3.05, 3.63) is 71.2 Å². The van der Waals surface area contributed by atoms with Crippen LogP contribution in [0.1, 0.15) is 25.1 Å². The van der Waals surface area contributed by atoms with E-state index >= 15 is 0 Å². The maximum atomic E-state index is 12.3. The molecule has 1 aliphatic rings. The SMILES string of the molecule is CC1CN(Cc2csc(NC(=O)COc3ccc(OCc4ccccc4)cc3)n2)CC(C)O1. The van der Waals surface area contributed by atoms with E-state index in [1.54, 1.807) is 12.1 Å². The molecule has 0 spiro atoms. The van der Waals surface area contributed by atoms with Crippen LogP contribution in [0.25, 0.3) is 0 Å². The first kappa shape index (κ1) is 23.2. The minimum atomic E-state index is -0.242. The van der Waals surface area contributed by atoms with Crippen LogP contribution in [0.5, 0.6) is 11.5 Å². The Balaban J connectivity index is 1.19. The molecule has 1 saturated heterocycles. The molecule has 1 aromatic heterocycles. The summed E-state index contributed by atoms with van der Waals surface area (Å²) >= 11 is 1.42. The number of carbonyl (C=O) groups excluding carboxylic acids is 1. The van der Waals surface area contributed by atoms with E-state index < -0.39 is 0 Å². The van der Waals surface area contributed by atoms with Gasteiger partial charge in [-0.05, 0) is 43.7 Å². The number of thiazole rings is 1. The van der Waals surface area contributed by atoms with Crippen LogP contribution in [-0.4, -0.2) is 47.7 Å². The molecule has 8 heteroatoms.